The molecule has 2 rings (SSSR count). The van der Waals surface area contributed by atoms with E-state index in [0.717, 1.165) is 11.1 Å². The maximum Gasteiger partial charge on any atom is 0.294 e. The molecule has 9 heteroatoms. The predicted molar refractivity (Wildman–Crippen MR) is 100 cm³/mol. The van der Waals surface area contributed by atoms with Crippen molar-refractivity contribution in [2.45, 2.75) is 42.6 Å². The van der Waals surface area contributed by atoms with Gasteiger partial charge in [0.15, 0.2) is 0 Å². The number of hydrogen-bond acceptors (Lipinski definition) is 5. The Morgan fingerprint density at radius 3 is 1.48 bits per heavy atom. The van der Waals surface area contributed by atoms with Gasteiger partial charge in [0.25, 0.3) is 20.2 Å². The molecule has 0 amide bonds. The van der Waals surface area contributed by atoms with Gasteiger partial charge in [0.1, 0.15) is 0 Å². The molecular weight excluding hydrogens is 392 g/mol. The Morgan fingerprint density at radius 1 is 0.815 bits per heavy atom. The molecule has 0 radical (unpaired) electrons. The van der Waals surface area contributed by atoms with E-state index in [4.69, 9.17) is 4.74 Å². The third kappa shape index (κ3) is 5.60. The van der Waals surface area contributed by atoms with Crippen LogP contribution >= 0.6 is 0 Å². The minimum absolute atomic E-state index is 0.131. The largest absolute Gasteiger partial charge is 0.381 e. The van der Waals surface area contributed by atoms with Gasteiger partial charge in [0.2, 0.25) is 0 Å². The second kappa shape index (κ2) is 8.07. The van der Waals surface area contributed by atoms with Crippen LogP contribution in [0.3, 0.4) is 0 Å². The number of benzene rings is 2. The average Bonchev–Trinajstić information content (AvgIpc) is 2.52. The van der Waals surface area contributed by atoms with Crippen molar-refractivity contribution in [3.05, 3.63) is 58.7 Å². The average molecular weight is 415 g/mol. The zero-order chi connectivity index (χ0) is 20.4. The van der Waals surface area contributed by atoms with Crippen molar-refractivity contribution in [3.8, 4) is 0 Å². The number of aryl methyl sites for hydroxylation is 2. The fraction of sp³-hybridized carbons (Fsp3) is 0.333. The Hall–Kier alpha value is -1.78. The van der Waals surface area contributed by atoms with Gasteiger partial charge >= 0.3 is 0 Å². The molecule has 0 atom stereocenters. The molecule has 2 N–H and O–H groups in total. The van der Waals surface area contributed by atoms with Gasteiger partial charge in [-0.2, -0.15) is 16.8 Å². The quantitative estimate of drug-likeness (QED) is 0.669. The van der Waals surface area contributed by atoms with Gasteiger partial charge in [-0.05, 0) is 37.1 Å². The smallest absolute Gasteiger partial charge is 0.294 e. The summed E-state index contributed by atoms with van der Waals surface area (Å²) in [5.74, 6) is 0. The Morgan fingerprint density at radius 2 is 1.19 bits per heavy atom. The molecule has 0 fully saturated rings. The molecular formula is C18H22O7S2. The van der Waals surface area contributed by atoms with E-state index in [-0.39, 0.29) is 22.6 Å². The highest BCUT2D eigenvalue weighted by atomic mass is 32.2. The van der Waals surface area contributed by atoms with Crippen LogP contribution in [0.15, 0.2) is 46.2 Å². The number of hydrogen-bond donors (Lipinski definition) is 2. The Bertz CT molecular complexity index is 958. The van der Waals surface area contributed by atoms with Crippen molar-refractivity contribution < 1.29 is 30.7 Å². The lowest BCUT2D eigenvalue weighted by atomic mass is 9.99. The maximum atomic E-state index is 11.6. The second-order valence-electron chi connectivity index (χ2n) is 6.44. The molecule has 148 valence electrons. The molecule has 0 aliphatic rings. The molecule has 2 aromatic rings. The van der Waals surface area contributed by atoms with Crippen molar-refractivity contribution >= 4 is 20.2 Å². The third-order valence-electron chi connectivity index (χ3n) is 4.22. The van der Waals surface area contributed by atoms with E-state index < -0.39 is 26.3 Å². The third-order valence-corrected chi connectivity index (χ3v) is 6.12. The zero-order valence-corrected chi connectivity index (χ0v) is 16.8. The van der Waals surface area contributed by atoms with Gasteiger partial charge < -0.3 is 4.74 Å². The molecule has 7 nitrogen and oxygen atoms in total. The topological polar surface area (TPSA) is 118 Å². The summed E-state index contributed by atoms with van der Waals surface area (Å²) >= 11 is 0. The van der Waals surface area contributed by atoms with Crippen molar-refractivity contribution in [2.75, 3.05) is 7.11 Å². The number of rotatable bonds is 7. The van der Waals surface area contributed by atoms with Gasteiger partial charge in [-0.3, -0.25) is 9.11 Å². The minimum Gasteiger partial charge on any atom is -0.381 e. The lowest BCUT2D eigenvalue weighted by molar-refractivity contribution is 0.102. The van der Waals surface area contributed by atoms with Crippen LogP contribution in [0.2, 0.25) is 0 Å². The van der Waals surface area contributed by atoms with E-state index in [2.05, 4.69) is 0 Å². The lowest BCUT2D eigenvalue weighted by Gasteiger charge is -2.19. The molecule has 0 bridgehead atoms. The predicted octanol–water partition coefficient (Wildman–Crippen LogP) is 2.60. The normalized spacial score (nSPS) is 12.5. The van der Waals surface area contributed by atoms with E-state index in [0.29, 0.717) is 11.1 Å². The van der Waals surface area contributed by atoms with E-state index in [1.165, 1.54) is 19.2 Å². The van der Waals surface area contributed by atoms with Crippen molar-refractivity contribution in [1.82, 2.24) is 0 Å². The van der Waals surface area contributed by atoms with Gasteiger partial charge in [-0.15, -0.1) is 0 Å². The first-order valence-corrected chi connectivity index (χ1v) is 11.0. The van der Waals surface area contributed by atoms with Crippen LogP contribution in [0.5, 0.6) is 0 Å². The van der Waals surface area contributed by atoms with Gasteiger partial charge in [-0.25, -0.2) is 0 Å². The molecule has 2 aromatic carbocycles. The van der Waals surface area contributed by atoms with E-state index in [9.17, 15) is 25.9 Å². The highest BCUT2D eigenvalue weighted by Crippen LogP contribution is 2.24. The molecule has 0 aromatic heterocycles. The highest BCUT2D eigenvalue weighted by Gasteiger charge is 2.22. The number of ether oxygens (including phenoxy) is 1. The van der Waals surface area contributed by atoms with Crippen molar-refractivity contribution in [3.63, 3.8) is 0 Å². The van der Waals surface area contributed by atoms with Gasteiger partial charge in [0, 0.05) is 20.0 Å². The zero-order valence-electron chi connectivity index (χ0n) is 15.2. The van der Waals surface area contributed by atoms with Crippen LogP contribution in [0, 0.1) is 13.8 Å². The molecule has 0 spiro atoms. The molecule has 0 aliphatic heterocycles. The molecule has 0 unspecified atom stereocenters. The SMILES string of the molecule is COC(Cc1cc(C)ccc1S(=O)(=O)O)Cc1cc(C)ccc1S(=O)(=O)O. The fourth-order valence-electron chi connectivity index (χ4n) is 2.97. The summed E-state index contributed by atoms with van der Waals surface area (Å²) in [6, 6.07) is 9.06. The summed E-state index contributed by atoms with van der Waals surface area (Å²) in [6.07, 6.45) is -0.312. The van der Waals surface area contributed by atoms with Gasteiger partial charge in [-0.1, -0.05) is 35.4 Å². The van der Waals surface area contributed by atoms with Crippen molar-refractivity contribution in [2.24, 2.45) is 0 Å². The summed E-state index contributed by atoms with van der Waals surface area (Å²) < 4.78 is 70.8. The van der Waals surface area contributed by atoms with Crippen LogP contribution in [0.1, 0.15) is 22.3 Å². The first-order valence-electron chi connectivity index (χ1n) is 8.08. The van der Waals surface area contributed by atoms with Crippen molar-refractivity contribution in [1.29, 1.82) is 0 Å². The summed E-state index contributed by atoms with van der Waals surface area (Å²) in [5, 5.41) is 0. The molecule has 0 saturated carbocycles. The summed E-state index contributed by atoms with van der Waals surface area (Å²) in [4.78, 5) is -0.427. The van der Waals surface area contributed by atoms with Crippen LogP contribution < -0.4 is 0 Å². The fourth-order valence-corrected chi connectivity index (χ4v) is 4.40. The van der Waals surface area contributed by atoms with E-state index >= 15 is 0 Å². The first-order chi connectivity index (χ1) is 12.4. The lowest BCUT2D eigenvalue weighted by Crippen LogP contribution is -2.20. The molecule has 27 heavy (non-hydrogen) atoms. The molecule has 0 heterocycles. The standard InChI is InChI=1S/C18H22O7S2/c1-12-4-6-17(26(19,20)21)14(8-12)10-16(25-3)11-15-9-13(2)5-7-18(15)27(22,23)24/h4-9,16H,10-11H2,1-3H3,(H,19,20,21)(H,22,23,24). The minimum atomic E-state index is -4.41. The molecule has 0 saturated heterocycles. The Kier molecular flexibility index (Phi) is 6.43. The van der Waals surface area contributed by atoms with Crippen LogP contribution in [-0.2, 0) is 37.8 Å². The number of methoxy groups -OCH3 is 1. The summed E-state index contributed by atoms with van der Waals surface area (Å²) in [7, 11) is -7.39. The maximum absolute atomic E-state index is 11.6. The van der Waals surface area contributed by atoms with E-state index in [1.807, 2.05) is 0 Å². The van der Waals surface area contributed by atoms with Crippen LogP contribution in [-0.4, -0.2) is 39.2 Å². The summed E-state index contributed by atoms with van der Waals surface area (Å²) in [6.45, 7) is 3.58. The van der Waals surface area contributed by atoms with E-state index in [1.54, 1.807) is 38.1 Å². The van der Waals surface area contributed by atoms with Crippen LogP contribution in [0.25, 0.3) is 0 Å². The van der Waals surface area contributed by atoms with Gasteiger partial charge in [0.05, 0.1) is 15.9 Å². The first kappa shape index (κ1) is 21.5. The monoisotopic (exact) mass is 414 g/mol. The molecule has 0 aliphatic carbocycles. The Labute approximate surface area is 159 Å². The second-order valence-corrected chi connectivity index (χ2v) is 9.22. The van der Waals surface area contributed by atoms with Crippen LogP contribution in [0.4, 0.5) is 0 Å². The highest BCUT2D eigenvalue weighted by molar-refractivity contribution is 7.86. The summed E-state index contributed by atoms with van der Waals surface area (Å²) in [5.41, 5.74) is 2.35. The Balaban J connectivity index is 2.42.